The maximum absolute atomic E-state index is 12.9. The van der Waals surface area contributed by atoms with Gasteiger partial charge in [0.2, 0.25) is 11.5 Å². The van der Waals surface area contributed by atoms with Gasteiger partial charge in [-0.3, -0.25) is 9.59 Å². The number of aliphatic hydroxyl groups is 1. The lowest BCUT2D eigenvalue weighted by molar-refractivity contribution is -0.167. The summed E-state index contributed by atoms with van der Waals surface area (Å²) in [5.74, 6) is -2.05. The van der Waals surface area contributed by atoms with Crippen molar-refractivity contribution in [3.8, 4) is 0 Å². The zero-order chi connectivity index (χ0) is 20.9. The number of likely N-dealkylation sites (tertiary alicyclic amines) is 1. The molecule has 1 fully saturated rings. The average Bonchev–Trinajstić information content (AvgIpc) is 2.77. The SMILES string of the molecule is NC(=O)[C@H]1CCCCN1C(=O)COC(=O)C(O)(c1ccccc1)c1ccccc1. The maximum Gasteiger partial charge on any atom is 0.348 e. The normalized spacial score (nSPS) is 16.9. The topological polar surface area (TPSA) is 110 Å². The average molecular weight is 396 g/mol. The van der Waals surface area contributed by atoms with E-state index in [-0.39, 0.29) is 0 Å². The molecule has 2 amide bonds. The second kappa shape index (κ2) is 8.87. The van der Waals surface area contributed by atoms with Gasteiger partial charge in [0.1, 0.15) is 6.04 Å². The summed E-state index contributed by atoms with van der Waals surface area (Å²) in [6, 6.07) is 16.1. The molecule has 29 heavy (non-hydrogen) atoms. The first-order valence-electron chi connectivity index (χ1n) is 9.54. The quantitative estimate of drug-likeness (QED) is 0.716. The number of piperidine rings is 1. The summed E-state index contributed by atoms with van der Waals surface area (Å²) >= 11 is 0. The molecule has 1 aliphatic rings. The molecule has 1 atom stereocenters. The smallest absolute Gasteiger partial charge is 0.348 e. The Labute approximate surface area is 169 Å². The van der Waals surface area contributed by atoms with Crippen LogP contribution in [-0.2, 0) is 24.7 Å². The van der Waals surface area contributed by atoms with Gasteiger partial charge < -0.3 is 20.5 Å². The molecule has 0 spiro atoms. The summed E-state index contributed by atoms with van der Waals surface area (Å²) < 4.78 is 5.23. The van der Waals surface area contributed by atoms with E-state index in [4.69, 9.17) is 10.5 Å². The number of nitrogens with zero attached hydrogens (tertiary/aromatic N) is 1. The molecule has 152 valence electrons. The van der Waals surface area contributed by atoms with Crippen LogP contribution in [0.2, 0.25) is 0 Å². The predicted molar refractivity (Wildman–Crippen MR) is 105 cm³/mol. The molecular formula is C22H24N2O5. The van der Waals surface area contributed by atoms with Crippen molar-refractivity contribution < 1.29 is 24.2 Å². The van der Waals surface area contributed by atoms with Crippen LogP contribution in [0.5, 0.6) is 0 Å². The predicted octanol–water partition coefficient (Wildman–Crippen LogP) is 1.33. The van der Waals surface area contributed by atoms with E-state index in [1.54, 1.807) is 60.7 Å². The van der Waals surface area contributed by atoms with Crippen molar-refractivity contribution in [3.05, 3.63) is 71.8 Å². The first kappa shape index (κ1) is 20.5. The number of carbonyl (C=O) groups excluding carboxylic acids is 3. The highest BCUT2D eigenvalue weighted by Gasteiger charge is 2.42. The summed E-state index contributed by atoms with van der Waals surface area (Å²) in [4.78, 5) is 38.5. The van der Waals surface area contributed by atoms with Crippen molar-refractivity contribution >= 4 is 17.8 Å². The van der Waals surface area contributed by atoms with Crippen molar-refractivity contribution in [1.29, 1.82) is 0 Å². The van der Waals surface area contributed by atoms with Crippen LogP contribution in [0.15, 0.2) is 60.7 Å². The van der Waals surface area contributed by atoms with Crippen molar-refractivity contribution in [2.24, 2.45) is 5.73 Å². The highest BCUT2D eigenvalue weighted by molar-refractivity contribution is 5.90. The molecule has 0 radical (unpaired) electrons. The number of amides is 2. The van der Waals surface area contributed by atoms with Crippen molar-refractivity contribution in [3.63, 3.8) is 0 Å². The largest absolute Gasteiger partial charge is 0.453 e. The number of ether oxygens (including phenoxy) is 1. The first-order valence-corrected chi connectivity index (χ1v) is 9.54. The third-order valence-electron chi connectivity index (χ3n) is 5.16. The van der Waals surface area contributed by atoms with Crippen LogP contribution >= 0.6 is 0 Å². The van der Waals surface area contributed by atoms with E-state index in [0.717, 1.165) is 12.8 Å². The zero-order valence-electron chi connectivity index (χ0n) is 16.0. The lowest BCUT2D eigenvalue weighted by atomic mass is 9.86. The highest BCUT2D eigenvalue weighted by Crippen LogP contribution is 2.31. The molecular weight excluding hydrogens is 372 g/mol. The molecule has 0 saturated carbocycles. The van der Waals surface area contributed by atoms with E-state index in [0.29, 0.717) is 24.1 Å². The minimum absolute atomic E-state index is 0.330. The van der Waals surface area contributed by atoms with E-state index in [1.807, 2.05) is 0 Å². The van der Waals surface area contributed by atoms with Crippen molar-refractivity contribution in [1.82, 2.24) is 4.90 Å². The Morgan fingerprint density at radius 2 is 1.55 bits per heavy atom. The lowest BCUT2D eigenvalue weighted by Gasteiger charge is -2.34. The number of nitrogens with two attached hydrogens (primary N) is 1. The number of esters is 1. The summed E-state index contributed by atoms with van der Waals surface area (Å²) in [5.41, 5.74) is 3.99. The Kier molecular flexibility index (Phi) is 6.29. The van der Waals surface area contributed by atoms with Crippen LogP contribution in [0.3, 0.4) is 0 Å². The Hall–Kier alpha value is -3.19. The minimum atomic E-state index is -2.06. The monoisotopic (exact) mass is 396 g/mol. The molecule has 0 unspecified atom stereocenters. The number of benzene rings is 2. The summed E-state index contributed by atoms with van der Waals surface area (Å²) in [6.07, 6.45) is 2.05. The molecule has 1 heterocycles. The number of rotatable bonds is 6. The third kappa shape index (κ3) is 4.30. The van der Waals surface area contributed by atoms with Gasteiger partial charge in [-0.1, -0.05) is 60.7 Å². The van der Waals surface area contributed by atoms with Gasteiger partial charge in [0.25, 0.3) is 5.91 Å². The van der Waals surface area contributed by atoms with Crippen LogP contribution in [0.4, 0.5) is 0 Å². The van der Waals surface area contributed by atoms with E-state index < -0.39 is 36.0 Å². The van der Waals surface area contributed by atoms with Crippen LogP contribution in [0, 0.1) is 0 Å². The first-order chi connectivity index (χ1) is 13.9. The lowest BCUT2D eigenvalue weighted by Crippen LogP contribution is -2.52. The van der Waals surface area contributed by atoms with Gasteiger partial charge in [-0.15, -0.1) is 0 Å². The molecule has 2 aromatic carbocycles. The second-order valence-electron chi connectivity index (χ2n) is 7.02. The summed E-state index contributed by atoms with van der Waals surface area (Å²) in [6.45, 7) is -0.198. The van der Waals surface area contributed by atoms with Gasteiger partial charge in [0.15, 0.2) is 6.61 Å². The van der Waals surface area contributed by atoms with Gasteiger partial charge in [-0.25, -0.2) is 4.79 Å². The minimum Gasteiger partial charge on any atom is -0.453 e. The van der Waals surface area contributed by atoms with E-state index >= 15 is 0 Å². The van der Waals surface area contributed by atoms with Crippen molar-refractivity contribution in [2.75, 3.05) is 13.2 Å². The van der Waals surface area contributed by atoms with Crippen LogP contribution in [-0.4, -0.2) is 47.0 Å². The standard InChI is InChI=1S/C22H24N2O5/c23-20(26)18-13-7-8-14-24(18)19(25)15-29-21(27)22(28,16-9-3-1-4-10-16)17-11-5-2-6-12-17/h1-6,9-12,18,28H,7-8,13-15H2,(H2,23,26)/t18-/m1/s1. The molecule has 0 aliphatic carbocycles. The fraction of sp³-hybridized carbons (Fsp3) is 0.318. The number of primary amides is 1. The number of hydrogen-bond acceptors (Lipinski definition) is 5. The fourth-order valence-corrected chi connectivity index (χ4v) is 3.60. The molecule has 2 aromatic rings. The highest BCUT2D eigenvalue weighted by atomic mass is 16.6. The molecule has 7 heteroatoms. The Morgan fingerprint density at radius 1 is 1.00 bits per heavy atom. The molecule has 0 bridgehead atoms. The van der Waals surface area contributed by atoms with Gasteiger partial charge in [-0.05, 0) is 30.4 Å². The maximum atomic E-state index is 12.9. The second-order valence-corrected chi connectivity index (χ2v) is 7.02. The van der Waals surface area contributed by atoms with Gasteiger partial charge in [0.05, 0.1) is 0 Å². The number of carbonyl (C=O) groups is 3. The summed E-state index contributed by atoms with van der Waals surface area (Å²) in [7, 11) is 0. The third-order valence-corrected chi connectivity index (χ3v) is 5.16. The molecule has 1 saturated heterocycles. The fourth-order valence-electron chi connectivity index (χ4n) is 3.60. The van der Waals surface area contributed by atoms with E-state index in [1.165, 1.54) is 4.90 Å². The molecule has 1 aliphatic heterocycles. The van der Waals surface area contributed by atoms with E-state index in [2.05, 4.69) is 0 Å². The van der Waals surface area contributed by atoms with Gasteiger partial charge in [-0.2, -0.15) is 0 Å². The number of hydrogen-bond donors (Lipinski definition) is 2. The van der Waals surface area contributed by atoms with Crippen molar-refractivity contribution in [2.45, 2.75) is 30.9 Å². The van der Waals surface area contributed by atoms with Crippen LogP contribution in [0.1, 0.15) is 30.4 Å². The Morgan fingerprint density at radius 3 is 2.07 bits per heavy atom. The van der Waals surface area contributed by atoms with Gasteiger partial charge in [0, 0.05) is 6.54 Å². The Balaban J connectivity index is 1.79. The summed E-state index contributed by atoms with van der Waals surface area (Å²) in [5, 5.41) is 11.3. The van der Waals surface area contributed by atoms with Crippen LogP contribution in [0.25, 0.3) is 0 Å². The molecule has 0 aromatic heterocycles. The van der Waals surface area contributed by atoms with Gasteiger partial charge >= 0.3 is 5.97 Å². The molecule has 3 rings (SSSR count). The Bertz CT molecular complexity index is 830. The zero-order valence-corrected chi connectivity index (χ0v) is 16.0. The molecule has 7 nitrogen and oxygen atoms in total. The molecule has 3 N–H and O–H groups in total. The van der Waals surface area contributed by atoms with E-state index in [9.17, 15) is 19.5 Å². The van der Waals surface area contributed by atoms with Crippen LogP contribution < -0.4 is 5.73 Å².